The highest BCUT2D eigenvalue weighted by Crippen LogP contribution is 2.47. The van der Waals surface area contributed by atoms with Crippen molar-refractivity contribution in [3.8, 4) is 0 Å². The molecular weight excluding hydrogens is 815 g/mol. The zero-order chi connectivity index (χ0) is 45.7. The summed E-state index contributed by atoms with van der Waals surface area (Å²) >= 11 is 0. The lowest BCUT2D eigenvalue weighted by molar-refractivity contribution is -0.220. The first-order valence-electron chi connectivity index (χ1n) is 23.9. The number of carbonyl (C=O) groups excluding carboxylic acids is 2. The Morgan fingerprint density at radius 3 is 1.40 bits per heavy atom. The molecule has 360 valence electrons. The van der Waals surface area contributed by atoms with Crippen LogP contribution in [-0.4, -0.2) is 98.3 Å². The van der Waals surface area contributed by atoms with Crippen molar-refractivity contribution in [1.29, 1.82) is 0 Å². The molecule has 0 aliphatic heterocycles. The predicted molar refractivity (Wildman–Crippen MR) is 244 cm³/mol. The highest BCUT2D eigenvalue weighted by Gasteiger charge is 2.51. The van der Waals surface area contributed by atoms with E-state index in [-0.39, 0.29) is 12.8 Å². The van der Waals surface area contributed by atoms with Gasteiger partial charge in [-0.1, -0.05) is 172 Å². The summed E-state index contributed by atoms with van der Waals surface area (Å²) in [6.45, 7) is 3.18. The van der Waals surface area contributed by atoms with Crippen molar-refractivity contribution in [1.82, 2.24) is 0 Å². The molecule has 6 atom stereocenters. The summed E-state index contributed by atoms with van der Waals surface area (Å²) in [6, 6.07) is 0. The van der Waals surface area contributed by atoms with E-state index < -0.39 is 75.7 Å². The average molecular weight is 901 g/mol. The molecule has 0 aromatic heterocycles. The van der Waals surface area contributed by atoms with Crippen LogP contribution in [-0.2, 0) is 32.7 Å². The van der Waals surface area contributed by atoms with Gasteiger partial charge in [0.05, 0.1) is 6.61 Å². The summed E-state index contributed by atoms with van der Waals surface area (Å²) in [5, 5.41) is 50.2. The number of hydrogen-bond acceptors (Lipinski definition) is 12. The molecule has 1 fully saturated rings. The van der Waals surface area contributed by atoms with Crippen LogP contribution < -0.4 is 0 Å². The molecule has 1 saturated carbocycles. The van der Waals surface area contributed by atoms with Crippen molar-refractivity contribution in [3.63, 3.8) is 0 Å². The maximum absolute atomic E-state index is 12.8. The molecule has 0 amide bonds. The Labute approximate surface area is 373 Å². The quantitative estimate of drug-likeness (QED) is 0.0147. The molecule has 62 heavy (non-hydrogen) atoms. The first-order valence-corrected chi connectivity index (χ1v) is 25.4. The molecule has 6 N–H and O–H groups in total. The van der Waals surface area contributed by atoms with Crippen LogP contribution in [0, 0.1) is 0 Å². The third-order valence-electron chi connectivity index (χ3n) is 10.9. The minimum Gasteiger partial charge on any atom is -0.462 e. The third kappa shape index (κ3) is 30.0. The van der Waals surface area contributed by atoms with E-state index >= 15 is 0 Å². The number of hydrogen-bond donors (Lipinski definition) is 6. The first-order chi connectivity index (χ1) is 29.9. The van der Waals surface area contributed by atoms with Gasteiger partial charge in [0.1, 0.15) is 43.2 Å². The molecule has 0 radical (unpaired) electrons. The Morgan fingerprint density at radius 2 is 0.919 bits per heavy atom. The van der Waals surface area contributed by atoms with Crippen molar-refractivity contribution < 1.29 is 63.1 Å². The summed E-state index contributed by atoms with van der Waals surface area (Å²) in [7, 11) is -5.12. The monoisotopic (exact) mass is 901 g/mol. The van der Waals surface area contributed by atoms with E-state index in [9.17, 15) is 44.6 Å². The lowest BCUT2D eigenvalue weighted by atomic mass is 9.85. The number of phosphoric ester groups is 1. The van der Waals surface area contributed by atoms with E-state index in [0.717, 1.165) is 83.5 Å². The van der Waals surface area contributed by atoms with Crippen molar-refractivity contribution in [3.05, 3.63) is 48.6 Å². The normalized spacial score (nSPS) is 22.3. The Bertz CT molecular complexity index is 1270. The van der Waals surface area contributed by atoms with Crippen molar-refractivity contribution >= 4 is 19.8 Å². The molecule has 0 aromatic rings. The maximum atomic E-state index is 12.8. The van der Waals surface area contributed by atoms with Crippen molar-refractivity contribution in [2.75, 3.05) is 13.2 Å². The first kappa shape index (κ1) is 57.8. The van der Waals surface area contributed by atoms with Crippen LogP contribution in [0.5, 0.6) is 0 Å². The molecule has 13 nitrogen and oxygen atoms in total. The topological polar surface area (TPSA) is 210 Å². The fraction of sp³-hybridized carbons (Fsp3) is 0.792. The summed E-state index contributed by atoms with van der Waals surface area (Å²) in [6.07, 6.45) is 31.6. The molecule has 6 unspecified atom stereocenters. The van der Waals surface area contributed by atoms with Crippen LogP contribution in [0.1, 0.15) is 187 Å². The van der Waals surface area contributed by atoms with Crippen LogP contribution >= 0.6 is 7.82 Å². The third-order valence-corrected chi connectivity index (χ3v) is 11.9. The number of unbranched alkanes of at least 4 members (excludes halogenated alkanes) is 19. The molecule has 1 aliphatic carbocycles. The molecule has 0 heterocycles. The number of esters is 2. The molecular formula is C48H85O13P. The number of aliphatic hydroxyl groups excluding tert-OH is 5. The van der Waals surface area contributed by atoms with Gasteiger partial charge in [-0.15, -0.1) is 0 Å². The number of allylic oxidation sites excluding steroid dienone is 8. The van der Waals surface area contributed by atoms with E-state index in [1.54, 1.807) is 0 Å². The summed E-state index contributed by atoms with van der Waals surface area (Å²) < 4.78 is 33.5. The Kier molecular flexibility index (Phi) is 35.5. The van der Waals surface area contributed by atoms with E-state index in [2.05, 4.69) is 62.5 Å². The van der Waals surface area contributed by atoms with Gasteiger partial charge in [0, 0.05) is 12.8 Å². The van der Waals surface area contributed by atoms with Gasteiger partial charge in [-0.25, -0.2) is 4.57 Å². The van der Waals surface area contributed by atoms with Crippen LogP contribution in [0.4, 0.5) is 0 Å². The molecule has 1 rings (SSSR count). The van der Waals surface area contributed by atoms with Gasteiger partial charge in [-0.3, -0.25) is 18.6 Å². The number of carbonyl (C=O) groups is 2. The summed E-state index contributed by atoms with van der Waals surface area (Å²) in [4.78, 5) is 35.7. The van der Waals surface area contributed by atoms with Gasteiger partial charge in [0.2, 0.25) is 0 Å². The average Bonchev–Trinajstić information content (AvgIpc) is 3.25. The Hall–Kier alpha value is -2.19. The lowest BCUT2D eigenvalue weighted by Gasteiger charge is -2.41. The van der Waals surface area contributed by atoms with E-state index in [1.807, 2.05) is 0 Å². The van der Waals surface area contributed by atoms with Crippen LogP contribution in [0.2, 0.25) is 0 Å². The van der Waals surface area contributed by atoms with Crippen LogP contribution in [0.15, 0.2) is 48.6 Å². The SMILES string of the molecule is CC/C=C\C/C=C\C/C=C\C/C=C\CCCCCCCCCCC(=O)OC(COC(=O)CCCCCCCCCCCCCC)COP(=O)(O)OC1C(O)C(O)C(O)C(O)C1O. The second kappa shape index (κ2) is 38.1. The van der Waals surface area contributed by atoms with E-state index in [1.165, 1.54) is 64.2 Å². The fourth-order valence-electron chi connectivity index (χ4n) is 7.10. The number of aliphatic hydroxyl groups is 5. The second-order valence-corrected chi connectivity index (χ2v) is 18.0. The second-order valence-electron chi connectivity index (χ2n) is 16.6. The molecule has 0 bridgehead atoms. The molecule has 14 heteroatoms. The van der Waals surface area contributed by atoms with Gasteiger partial charge in [0.25, 0.3) is 0 Å². The number of phosphoric acid groups is 1. The van der Waals surface area contributed by atoms with Gasteiger partial charge >= 0.3 is 19.8 Å². The minimum absolute atomic E-state index is 0.0873. The molecule has 0 saturated heterocycles. The van der Waals surface area contributed by atoms with Crippen LogP contribution in [0.3, 0.4) is 0 Å². The van der Waals surface area contributed by atoms with E-state index in [0.29, 0.717) is 12.8 Å². The minimum atomic E-state index is -5.12. The zero-order valence-electron chi connectivity index (χ0n) is 38.2. The summed E-state index contributed by atoms with van der Waals surface area (Å²) in [5.74, 6) is -1.11. The highest BCUT2D eigenvalue weighted by atomic mass is 31.2. The lowest BCUT2D eigenvalue weighted by Crippen LogP contribution is -2.64. The van der Waals surface area contributed by atoms with E-state index in [4.69, 9.17) is 18.5 Å². The Morgan fingerprint density at radius 1 is 0.516 bits per heavy atom. The highest BCUT2D eigenvalue weighted by molar-refractivity contribution is 7.47. The van der Waals surface area contributed by atoms with Gasteiger partial charge in [-0.05, 0) is 51.4 Å². The smallest absolute Gasteiger partial charge is 0.462 e. The fourth-order valence-corrected chi connectivity index (χ4v) is 8.07. The molecule has 0 aromatic carbocycles. The molecule has 0 spiro atoms. The summed E-state index contributed by atoms with van der Waals surface area (Å²) in [5.41, 5.74) is 0. The van der Waals surface area contributed by atoms with Gasteiger partial charge in [-0.2, -0.15) is 0 Å². The van der Waals surface area contributed by atoms with Crippen molar-refractivity contribution in [2.24, 2.45) is 0 Å². The number of rotatable bonds is 39. The maximum Gasteiger partial charge on any atom is 0.472 e. The standard InChI is InChI=1S/C48H85O13P/c1-3-5-7-9-11-13-15-17-18-19-20-21-22-23-24-25-27-29-31-33-35-37-42(50)60-40(38-58-41(49)36-34-32-30-28-26-16-14-12-10-8-6-4-2)39-59-62(56,57)61-48-46(54)44(52)43(51)45(53)47(48)55/h5,7,11,13,17-18,20-21,40,43-48,51-55H,3-4,6,8-10,12,14-16,19,22-39H2,1-2H3,(H,56,57)/b7-5-,13-11-,18-17-,21-20-. The largest absolute Gasteiger partial charge is 0.472 e. The van der Waals surface area contributed by atoms with Gasteiger partial charge in [0.15, 0.2) is 6.10 Å². The zero-order valence-corrected chi connectivity index (χ0v) is 39.0. The predicted octanol–water partition coefficient (Wildman–Crippen LogP) is 9.56. The van der Waals surface area contributed by atoms with Crippen LogP contribution in [0.25, 0.3) is 0 Å². The molecule has 1 aliphatic rings. The Balaban J connectivity index is 2.42. The number of ether oxygens (including phenoxy) is 2. The van der Waals surface area contributed by atoms with Gasteiger partial charge < -0.3 is 39.9 Å². The van der Waals surface area contributed by atoms with Crippen molar-refractivity contribution in [2.45, 2.75) is 230 Å².